The van der Waals surface area contributed by atoms with Crippen molar-refractivity contribution in [1.82, 2.24) is 29.4 Å². The van der Waals surface area contributed by atoms with Crippen molar-refractivity contribution < 1.29 is 4.42 Å². The minimum atomic E-state index is 0.700. The predicted octanol–water partition coefficient (Wildman–Crippen LogP) is 2.56. The smallest absolute Gasteiger partial charge is 0.173 e. The molecule has 3 aromatic rings. The first-order valence-electron chi connectivity index (χ1n) is 9.96. The summed E-state index contributed by atoms with van der Waals surface area (Å²) >= 11 is 5.62. The molecule has 4 rings (SSSR count). The van der Waals surface area contributed by atoms with Gasteiger partial charge in [0.15, 0.2) is 5.11 Å². The van der Waals surface area contributed by atoms with Crippen LogP contribution in [-0.2, 0) is 19.6 Å². The van der Waals surface area contributed by atoms with Crippen LogP contribution in [-0.4, -0.2) is 60.7 Å². The average Bonchev–Trinajstić information content (AvgIpc) is 3.46. The number of hydrogen-bond acceptors (Lipinski definition) is 5. The van der Waals surface area contributed by atoms with E-state index in [-0.39, 0.29) is 0 Å². The fourth-order valence-corrected chi connectivity index (χ4v) is 3.88. The number of aryl methyl sites for hydroxylation is 1. The van der Waals surface area contributed by atoms with Crippen molar-refractivity contribution in [3.8, 4) is 0 Å². The van der Waals surface area contributed by atoms with Crippen LogP contribution in [0.15, 0.2) is 41.4 Å². The van der Waals surface area contributed by atoms with Gasteiger partial charge in [0.2, 0.25) is 0 Å². The standard InChI is InChI=1S/C20H27N7OS/c1-3-27-16(2)17(11-22-27)13-26-14-18(12-21-26)23-20(29)25-8-6-24(7-9-25)15-19-5-4-10-28-19/h4-5,10-12,14H,3,6-9,13,15H2,1-2H3,(H,23,29). The molecule has 0 radical (unpaired) electrons. The third kappa shape index (κ3) is 4.68. The summed E-state index contributed by atoms with van der Waals surface area (Å²) in [5.74, 6) is 1.01. The zero-order valence-electron chi connectivity index (χ0n) is 16.9. The number of anilines is 1. The van der Waals surface area contributed by atoms with Crippen LogP contribution in [0.2, 0.25) is 0 Å². The lowest BCUT2D eigenvalue weighted by Crippen LogP contribution is -2.49. The number of piperazine rings is 1. The third-order valence-electron chi connectivity index (χ3n) is 5.34. The molecule has 1 aliphatic rings. The van der Waals surface area contributed by atoms with Gasteiger partial charge in [-0.2, -0.15) is 10.2 Å². The van der Waals surface area contributed by atoms with Gasteiger partial charge in [-0.25, -0.2) is 0 Å². The van der Waals surface area contributed by atoms with E-state index in [2.05, 4.69) is 39.2 Å². The monoisotopic (exact) mass is 413 g/mol. The molecular formula is C20H27N7OS. The van der Waals surface area contributed by atoms with Crippen molar-refractivity contribution in [2.24, 2.45) is 0 Å². The summed E-state index contributed by atoms with van der Waals surface area (Å²) in [6.07, 6.45) is 7.45. The maximum Gasteiger partial charge on any atom is 0.173 e. The lowest BCUT2D eigenvalue weighted by molar-refractivity contribution is 0.166. The molecule has 3 aromatic heterocycles. The molecule has 1 N–H and O–H groups in total. The maximum atomic E-state index is 5.62. The van der Waals surface area contributed by atoms with Gasteiger partial charge in [0.25, 0.3) is 0 Å². The van der Waals surface area contributed by atoms with Crippen LogP contribution in [0.5, 0.6) is 0 Å². The largest absolute Gasteiger partial charge is 0.468 e. The number of nitrogens with one attached hydrogen (secondary N) is 1. The first kappa shape index (κ1) is 19.7. The molecule has 0 atom stereocenters. The Morgan fingerprint density at radius 3 is 2.69 bits per heavy atom. The normalized spacial score (nSPS) is 15.0. The molecule has 0 saturated carbocycles. The summed E-state index contributed by atoms with van der Waals surface area (Å²) in [6.45, 7) is 10.3. The molecule has 1 aliphatic heterocycles. The van der Waals surface area contributed by atoms with Gasteiger partial charge < -0.3 is 14.6 Å². The number of hydrogen-bond donors (Lipinski definition) is 1. The highest BCUT2D eigenvalue weighted by Crippen LogP contribution is 2.14. The summed E-state index contributed by atoms with van der Waals surface area (Å²) < 4.78 is 9.35. The van der Waals surface area contributed by atoms with E-state index in [1.54, 1.807) is 6.26 Å². The van der Waals surface area contributed by atoms with Crippen molar-refractivity contribution in [2.75, 3.05) is 31.5 Å². The van der Waals surface area contributed by atoms with Gasteiger partial charge in [0.05, 0.1) is 37.4 Å². The van der Waals surface area contributed by atoms with E-state index in [9.17, 15) is 0 Å². The highest BCUT2D eigenvalue weighted by Gasteiger charge is 2.20. The van der Waals surface area contributed by atoms with Crippen LogP contribution < -0.4 is 5.32 Å². The molecule has 0 bridgehead atoms. The molecular weight excluding hydrogens is 386 g/mol. The number of thiocarbonyl (C=S) groups is 1. The molecule has 8 nitrogen and oxygen atoms in total. The first-order valence-corrected chi connectivity index (χ1v) is 10.4. The van der Waals surface area contributed by atoms with Gasteiger partial charge in [-0.05, 0) is 38.2 Å². The lowest BCUT2D eigenvalue weighted by Gasteiger charge is -2.35. The Labute approximate surface area is 176 Å². The quantitative estimate of drug-likeness (QED) is 0.623. The molecule has 0 aliphatic carbocycles. The zero-order valence-corrected chi connectivity index (χ0v) is 17.7. The zero-order chi connectivity index (χ0) is 20.2. The topological polar surface area (TPSA) is 67.3 Å². The van der Waals surface area contributed by atoms with Crippen LogP contribution in [0.1, 0.15) is 23.9 Å². The molecule has 29 heavy (non-hydrogen) atoms. The summed E-state index contributed by atoms with van der Waals surface area (Å²) in [4.78, 5) is 4.59. The van der Waals surface area contributed by atoms with E-state index in [1.165, 1.54) is 11.3 Å². The van der Waals surface area contributed by atoms with E-state index in [4.69, 9.17) is 16.6 Å². The predicted molar refractivity (Wildman–Crippen MR) is 116 cm³/mol. The summed E-state index contributed by atoms with van der Waals surface area (Å²) in [6, 6.07) is 3.95. The van der Waals surface area contributed by atoms with Crippen LogP contribution in [0.25, 0.3) is 0 Å². The molecule has 9 heteroatoms. The van der Waals surface area contributed by atoms with Crippen molar-refractivity contribution in [2.45, 2.75) is 33.5 Å². The Morgan fingerprint density at radius 2 is 2.00 bits per heavy atom. The molecule has 1 fully saturated rings. The Balaban J connectivity index is 1.27. The van der Waals surface area contributed by atoms with Gasteiger partial charge in [-0.3, -0.25) is 14.3 Å². The minimum absolute atomic E-state index is 0.700. The van der Waals surface area contributed by atoms with Crippen LogP contribution in [0.4, 0.5) is 5.69 Å². The third-order valence-corrected chi connectivity index (χ3v) is 5.70. The summed E-state index contributed by atoms with van der Waals surface area (Å²) in [5, 5.41) is 12.9. The number of rotatable bonds is 6. The number of nitrogens with zero attached hydrogens (tertiary/aromatic N) is 6. The van der Waals surface area contributed by atoms with Gasteiger partial charge in [0, 0.05) is 50.2 Å². The second-order valence-electron chi connectivity index (χ2n) is 7.27. The van der Waals surface area contributed by atoms with E-state index < -0.39 is 0 Å². The first-order chi connectivity index (χ1) is 14.1. The van der Waals surface area contributed by atoms with E-state index in [0.717, 1.165) is 55.8 Å². The van der Waals surface area contributed by atoms with E-state index in [0.29, 0.717) is 6.54 Å². The van der Waals surface area contributed by atoms with Gasteiger partial charge >= 0.3 is 0 Å². The second-order valence-corrected chi connectivity index (χ2v) is 7.66. The summed E-state index contributed by atoms with van der Waals surface area (Å²) in [7, 11) is 0. The number of furan rings is 1. The lowest BCUT2D eigenvalue weighted by atomic mass is 10.2. The van der Waals surface area contributed by atoms with Crippen LogP contribution >= 0.6 is 12.2 Å². The average molecular weight is 414 g/mol. The van der Waals surface area contributed by atoms with Gasteiger partial charge in [-0.15, -0.1) is 0 Å². The highest BCUT2D eigenvalue weighted by molar-refractivity contribution is 7.80. The van der Waals surface area contributed by atoms with Gasteiger partial charge in [0.1, 0.15) is 5.76 Å². The van der Waals surface area contributed by atoms with Crippen LogP contribution in [0.3, 0.4) is 0 Å². The SMILES string of the molecule is CCn1ncc(Cn2cc(NC(=S)N3CCN(Cc4ccco4)CC3)cn2)c1C. The Morgan fingerprint density at radius 1 is 1.17 bits per heavy atom. The Bertz CT molecular complexity index is 938. The van der Waals surface area contributed by atoms with Crippen molar-refractivity contribution in [3.05, 3.63) is 54.0 Å². The van der Waals surface area contributed by atoms with Crippen molar-refractivity contribution in [1.29, 1.82) is 0 Å². The second kappa shape index (κ2) is 8.79. The Hall–Kier alpha value is -2.65. The van der Waals surface area contributed by atoms with Crippen LogP contribution in [0, 0.1) is 6.92 Å². The molecule has 0 amide bonds. The molecule has 1 saturated heterocycles. The fourth-order valence-electron chi connectivity index (χ4n) is 3.58. The Kier molecular flexibility index (Phi) is 5.96. The van der Waals surface area contributed by atoms with Crippen molar-refractivity contribution >= 4 is 23.0 Å². The summed E-state index contributed by atoms with van der Waals surface area (Å²) in [5.41, 5.74) is 3.27. The van der Waals surface area contributed by atoms with E-state index >= 15 is 0 Å². The van der Waals surface area contributed by atoms with Gasteiger partial charge in [-0.1, -0.05) is 0 Å². The van der Waals surface area contributed by atoms with E-state index in [1.807, 2.05) is 40.1 Å². The molecule has 0 aromatic carbocycles. The maximum absolute atomic E-state index is 5.62. The molecule has 0 spiro atoms. The highest BCUT2D eigenvalue weighted by atomic mass is 32.1. The van der Waals surface area contributed by atoms with Crippen molar-refractivity contribution in [3.63, 3.8) is 0 Å². The minimum Gasteiger partial charge on any atom is -0.468 e. The molecule has 154 valence electrons. The molecule has 0 unspecified atom stereocenters. The number of aromatic nitrogens is 4. The molecule has 4 heterocycles. The fraction of sp³-hybridized carbons (Fsp3) is 0.450.